The van der Waals surface area contributed by atoms with Gasteiger partial charge in [-0.2, -0.15) is 0 Å². The van der Waals surface area contributed by atoms with Crippen molar-refractivity contribution >= 4 is 0 Å². The van der Waals surface area contributed by atoms with Crippen molar-refractivity contribution in [2.75, 3.05) is 60.6 Å². The highest BCUT2D eigenvalue weighted by Crippen LogP contribution is 2.43. The monoisotopic (exact) mass is 338 g/mol. The van der Waals surface area contributed by atoms with Gasteiger partial charge in [0.15, 0.2) is 17.5 Å². The van der Waals surface area contributed by atoms with Crippen molar-refractivity contribution in [1.29, 1.82) is 0 Å². The molecule has 1 atom stereocenters. The SMILES string of the molecule is CC[NH+]1CC[NH+]([C@H]2C[NH2+]Cc3c2cc(OC)c(OC)c3OC)CC1. The molecule has 1 aromatic carbocycles. The molecule has 0 bridgehead atoms. The Labute approximate surface area is 144 Å². The number of hydrogen-bond acceptors (Lipinski definition) is 3. The van der Waals surface area contributed by atoms with Gasteiger partial charge in [0.2, 0.25) is 5.75 Å². The van der Waals surface area contributed by atoms with Gasteiger partial charge in [-0.15, -0.1) is 0 Å². The fraction of sp³-hybridized carbons (Fsp3) is 0.667. The Morgan fingerprint density at radius 3 is 2.33 bits per heavy atom. The molecule has 0 unspecified atom stereocenters. The van der Waals surface area contributed by atoms with Crippen LogP contribution < -0.4 is 29.3 Å². The first kappa shape index (κ1) is 17.3. The van der Waals surface area contributed by atoms with E-state index in [1.165, 1.54) is 43.9 Å². The molecule has 0 aromatic heterocycles. The minimum Gasteiger partial charge on any atom is -0.493 e. The predicted molar refractivity (Wildman–Crippen MR) is 91.3 cm³/mol. The number of piperazine rings is 1. The molecule has 2 heterocycles. The molecular formula is C18H32N3O3+3. The largest absolute Gasteiger partial charge is 0.493 e. The number of rotatable bonds is 5. The van der Waals surface area contributed by atoms with E-state index in [4.69, 9.17) is 14.2 Å². The van der Waals surface area contributed by atoms with Crippen LogP contribution in [0.5, 0.6) is 17.2 Å². The number of nitrogens with two attached hydrogens (primary N) is 1. The first-order chi connectivity index (χ1) is 11.7. The maximum Gasteiger partial charge on any atom is 0.203 e. The van der Waals surface area contributed by atoms with Crippen LogP contribution in [0, 0.1) is 0 Å². The summed E-state index contributed by atoms with van der Waals surface area (Å²) in [5.41, 5.74) is 2.64. The quantitative estimate of drug-likeness (QED) is 0.563. The fourth-order valence-electron chi connectivity index (χ4n) is 4.29. The van der Waals surface area contributed by atoms with Gasteiger partial charge in [-0.1, -0.05) is 0 Å². The second-order valence-electron chi connectivity index (χ2n) is 6.76. The van der Waals surface area contributed by atoms with Gasteiger partial charge in [0.25, 0.3) is 0 Å². The van der Waals surface area contributed by atoms with Crippen LogP contribution in [-0.4, -0.2) is 60.6 Å². The predicted octanol–water partition coefficient (Wildman–Crippen LogP) is -2.37. The summed E-state index contributed by atoms with van der Waals surface area (Å²) in [6.45, 7) is 10.6. The van der Waals surface area contributed by atoms with E-state index in [0.29, 0.717) is 11.8 Å². The van der Waals surface area contributed by atoms with E-state index in [9.17, 15) is 0 Å². The van der Waals surface area contributed by atoms with Crippen molar-refractivity contribution in [3.8, 4) is 17.2 Å². The average Bonchev–Trinajstić information content (AvgIpc) is 2.65. The fourth-order valence-corrected chi connectivity index (χ4v) is 4.29. The highest BCUT2D eigenvalue weighted by atomic mass is 16.5. The lowest BCUT2D eigenvalue weighted by Gasteiger charge is -2.36. The summed E-state index contributed by atoms with van der Waals surface area (Å²) in [6, 6.07) is 2.68. The topological polar surface area (TPSA) is 53.2 Å². The van der Waals surface area contributed by atoms with Crippen LogP contribution in [0.15, 0.2) is 6.07 Å². The minimum atomic E-state index is 0.501. The summed E-state index contributed by atoms with van der Waals surface area (Å²) in [6.07, 6.45) is 0. The van der Waals surface area contributed by atoms with E-state index >= 15 is 0 Å². The highest BCUT2D eigenvalue weighted by molar-refractivity contribution is 5.59. The zero-order chi connectivity index (χ0) is 17.1. The number of quaternary nitrogens is 3. The standard InChI is InChI=1S/C18H29N3O3/c1-5-20-6-8-21(9-7-20)15-12-19-11-14-13(15)10-16(22-2)18(24-4)17(14)23-3/h10,15,19H,5-9,11-12H2,1-4H3/p+3/t15-/m0/s1. The van der Waals surface area contributed by atoms with Crippen LogP contribution in [0.3, 0.4) is 0 Å². The minimum absolute atomic E-state index is 0.501. The summed E-state index contributed by atoms with van der Waals surface area (Å²) >= 11 is 0. The number of methoxy groups -OCH3 is 3. The number of ether oxygens (including phenoxy) is 3. The molecule has 6 heteroatoms. The Kier molecular flexibility index (Phi) is 5.48. The summed E-state index contributed by atoms with van der Waals surface area (Å²) < 4.78 is 16.9. The van der Waals surface area contributed by atoms with Crippen LogP contribution in [0.4, 0.5) is 0 Å². The molecule has 134 valence electrons. The van der Waals surface area contributed by atoms with E-state index < -0.39 is 0 Å². The molecule has 0 aliphatic carbocycles. The molecule has 2 aliphatic rings. The molecule has 1 aromatic rings. The van der Waals surface area contributed by atoms with E-state index in [2.05, 4.69) is 18.3 Å². The summed E-state index contributed by atoms with van der Waals surface area (Å²) in [5.74, 6) is 2.32. The van der Waals surface area contributed by atoms with Gasteiger partial charge in [-0.25, -0.2) is 0 Å². The Balaban J connectivity index is 1.95. The molecule has 0 radical (unpaired) electrons. The normalized spacial score (nSPS) is 26.6. The van der Waals surface area contributed by atoms with Gasteiger partial charge in [-0.05, 0) is 13.0 Å². The van der Waals surface area contributed by atoms with Crippen LogP contribution in [0.2, 0.25) is 0 Å². The first-order valence-electron chi connectivity index (χ1n) is 9.04. The van der Waals surface area contributed by atoms with E-state index in [0.717, 1.165) is 24.6 Å². The molecule has 0 saturated carbocycles. The molecule has 0 spiro atoms. The number of likely N-dealkylation sites (N-methyl/N-ethyl adjacent to an activating group) is 1. The van der Waals surface area contributed by atoms with Gasteiger partial charge in [-0.3, -0.25) is 0 Å². The highest BCUT2D eigenvalue weighted by Gasteiger charge is 2.38. The van der Waals surface area contributed by atoms with Crippen LogP contribution >= 0.6 is 0 Å². The van der Waals surface area contributed by atoms with Crippen molar-refractivity contribution in [1.82, 2.24) is 0 Å². The molecule has 4 N–H and O–H groups in total. The Bertz CT molecular complexity index is 571. The Morgan fingerprint density at radius 2 is 1.75 bits per heavy atom. The lowest BCUT2D eigenvalue weighted by Crippen LogP contribution is -3.28. The third kappa shape index (κ3) is 3.06. The molecule has 1 saturated heterocycles. The van der Waals surface area contributed by atoms with Crippen LogP contribution in [0.25, 0.3) is 0 Å². The summed E-state index contributed by atoms with van der Waals surface area (Å²) in [7, 11) is 5.09. The lowest BCUT2D eigenvalue weighted by atomic mass is 9.93. The number of benzene rings is 1. The molecule has 0 amide bonds. The zero-order valence-electron chi connectivity index (χ0n) is 15.4. The molecule has 1 fully saturated rings. The van der Waals surface area contributed by atoms with Crippen molar-refractivity contribution in [3.63, 3.8) is 0 Å². The molecule has 24 heavy (non-hydrogen) atoms. The van der Waals surface area contributed by atoms with Crippen molar-refractivity contribution < 1.29 is 29.3 Å². The third-order valence-electron chi connectivity index (χ3n) is 5.69. The van der Waals surface area contributed by atoms with Crippen molar-refractivity contribution in [3.05, 3.63) is 17.2 Å². The molecule has 3 rings (SSSR count). The maximum absolute atomic E-state index is 5.71. The van der Waals surface area contributed by atoms with Gasteiger partial charge in [0.1, 0.15) is 39.3 Å². The number of nitrogens with one attached hydrogen (secondary N) is 2. The van der Waals surface area contributed by atoms with E-state index in [1.807, 2.05) is 0 Å². The van der Waals surface area contributed by atoms with Crippen LogP contribution in [-0.2, 0) is 6.54 Å². The Hall–Kier alpha value is -1.50. The van der Waals surface area contributed by atoms with E-state index in [1.54, 1.807) is 31.1 Å². The zero-order valence-corrected chi connectivity index (χ0v) is 15.4. The number of fused-ring (bicyclic) bond motifs is 1. The van der Waals surface area contributed by atoms with Gasteiger partial charge in [0.05, 0.1) is 33.4 Å². The second-order valence-corrected chi connectivity index (χ2v) is 6.76. The van der Waals surface area contributed by atoms with Gasteiger partial charge < -0.3 is 29.3 Å². The molecule has 2 aliphatic heterocycles. The Morgan fingerprint density at radius 1 is 1.04 bits per heavy atom. The maximum atomic E-state index is 5.71. The molecule has 6 nitrogen and oxygen atoms in total. The van der Waals surface area contributed by atoms with Gasteiger partial charge >= 0.3 is 0 Å². The first-order valence-corrected chi connectivity index (χ1v) is 9.04. The lowest BCUT2D eigenvalue weighted by molar-refractivity contribution is -1.03. The smallest absolute Gasteiger partial charge is 0.203 e. The molecular weight excluding hydrogens is 306 g/mol. The summed E-state index contributed by atoms with van der Waals surface area (Å²) in [5, 5.41) is 2.40. The van der Waals surface area contributed by atoms with E-state index in [-0.39, 0.29) is 0 Å². The van der Waals surface area contributed by atoms with Crippen molar-refractivity contribution in [2.24, 2.45) is 0 Å². The van der Waals surface area contributed by atoms with Crippen LogP contribution in [0.1, 0.15) is 24.1 Å². The number of hydrogen-bond donors (Lipinski definition) is 3. The second kappa shape index (κ2) is 7.59. The van der Waals surface area contributed by atoms with Crippen molar-refractivity contribution in [2.45, 2.75) is 19.5 Å². The average molecular weight is 338 g/mol. The third-order valence-corrected chi connectivity index (χ3v) is 5.69. The summed E-state index contributed by atoms with van der Waals surface area (Å²) in [4.78, 5) is 3.42. The van der Waals surface area contributed by atoms with Gasteiger partial charge in [0, 0.05) is 5.56 Å².